The van der Waals surface area contributed by atoms with Crippen molar-refractivity contribution in [3.63, 3.8) is 0 Å². The Morgan fingerprint density at radius 2 is 1.83 bits per heavy atom. The van der Waals surface area contributed by atoms with Gasteiger partial charge < -0.3 is 10.2 Å². The Labute approximate surface area is 135 Å². The van der Waals surface area contributed by atoms with Crippen LogP contribution in [0.15, 0.2) is 30.6 Å². The normalized spacial score (nSPS) is 13.9. The average Bonchev–Trinajstić information content (AvgIpc) is 3.05. The van der Waals surface area contributed by atoms with Gasteiger partial charge in [0.25, 0.3) is 0 Å². The molecule has 1 aliphatic heterocycles. The van der Waals surface area contributed by atoms with Crippen molar-refractivity contribution in [3.05, 3.63) is 41.7 Å². The van der Waals surface area contributed by atoms with E-state index in [0.29, 0.717) is 5.82 Å². The van der Waals surface area contributed by atoms with Gasteiger partial charge in [-0.2, -0.15) is 0 Å². The second-order valence-corrected chi connectivity index (χ2v) is 5.83. The molecular weight excluding hydrogens is 290 g/mol. The molecule has 1 aromatic carbocycles. The number of nitrogens with one attached hydrogen (secondary N) is 2. The molecule has 0 saturated carbocycles. The maximum Gasteiger partial charge on any atom is 0.324 e. The fourth-order valence-corrected chi connectivity index (χ4v) is 2.63. The first kappa shape index (κ1) is 15.3. The fraction of sp³-hybridized carbons (Fsp3) is 0.353. The molecule has 6 heteroatoms. The number of anilines is 3. The number of aryl methyl sites for hydroxylation is 2. The summed E-state index contributed by atoms with van der Waals surface area (Å²) in [6.07, 6.45) is 3.85. The summed E-state index contributed by atoms with van der Waals surface area (Å²) in [6, 6.07) is 7.33. The van der Waals surface area contributed by atoms with Gasteiger partial charge in [0.2, 0.25) is 0 Å². The Bertz CT molecular complexity index is 710. The summed E-state index contributed by atoms with van der Waals surface area (Å²) in [7, 11) is 0. The standard InChI is InChI=1S/C17H21N5O/c1-12-5-6-14(9-13(12)2)20-17(23)21-15-10-16(19-11-18-15)22-7-3-4-8-22/h5-6,9-11H,3-4,7-8H2,1-2H3,(H2,18,19,20,21,23). The monoisotopic (exact) mass is 311 g/mol. The van der Waals surface area contributed by atoms with Gasteiger partial charge in [-0.3, -0.25) is 5.32 Å². The van der Waals surface area contributed by atoms with Crippen LogP contribution < -0.4 is 15.5 Å². The average molecular weight is 311 g/mol. The number of hydrogen-bond donors (Lipinski definition) is 2. The first-order chi connectivity index (χ1) is 11.1. The quantitative estimate of drug-likeness (QED) is 0.912. The minimum Gasteiger partial charge on any atom is -0.356 e. The fourth-order valence-electron chi connectivity index (χ4n) is 2.63. The van der Waals surface area contributed by atoms with Crippen molar-refractivity contribution >= 4 is 23.4 Å². The number of amides is 2. The van der Waals surface area contributed by atoms with E-state index < -0.39 is 0 Å². The van der Waals surface area contributed by atoms with E-state index in [0.717, 1.165) is 30.2 Å². The van der Waals surface area contributed by atoms with Crippen LogP contribution in [0.2, 0.25) is 0 Å². The maximum absolute atomic E-state index is 12.1. The lowest BCUT2D eigenvalue weighted by molar-refractivity contribution is 0.262. The van der Waals surface area contributed by atoms with Gasteiger partial charge in [0.1, 0.15) is 18.0 Å². The summed E-state index contributed by atoms with van der Waals surface area (Å²) in [5.74, 6) is 1.36. The van der Waals surface area contributed by atoms with Gasteiger partial charge in [-0.05, 0) is 49.9 Å². The van der Waals surface area contributed by atoms with Gasteiger partial charge in [-0.25, -0.2) is 14.8 Å². The third-order valence-electron chi connectivity index (χ3n) is 4.09. The van der Waals surface area contributed by atoms with Gasteiger partial charge in [0.05, 0.1) is 0 Å². The zero-order valence-electron chi connectivity index (χ0n) is 13.5. The lowest BCUT2D eigenvalue weighted by Crippen LogP contribution is -2.22. The van der Waals surface area contributed by atoms with E-state index in [9.17, 15) is 4.79 Å². The molecule has 1 fully saturated rings. The summed E-state index contributed by atoms with van der Waals surface area (Å²) in [5.41, 5.74) is 3.10. The summed E-state index contributed by atoms with van der Waals surface area (Å²) >= 11 is 0. The molecule has 0 spiro atoms. The van der Waals surface area contributed by atoms with E-state index >= 15 is 0 Å². The minimum atomic E-state index is -0.306. The molecule has 0 atom stereocenters. The van der Waals surface area contributed by atoms with Crippen LogP contribution in [0, 0.1) is 13.8 Å². The van der Waals surface area contributed by atoms with Crippen LogP contribution in [0.4, 0.5) is 22.1 Å². The van der Waals surface area contributed by atoms with Crippen LogP contribution in [-0.2, 0) is 0 Å². The predicted molar refractivity (Wildman–Crippen MR) is 92.0 cm³/mol. The number of aromatic nitrogens is 2. The van der Waals surface area contributed by atoms with Gasteiger partial charge >= 0.3 is 6.03 Å². The highest BCUT2D eigenvalue weighted by molar-refractivity contribution is 5.99. The molecule has 120 valence electrons. The summed E-state index contributed by atoms with van der Waals surface area (Å²) in [4.78, 5) is 22.7. The van der Waals surface area contributed by atoms with Crippen molar-refractivity contribution in [2.24, 2.45) is 0 Å². The van der Waals surface area contributed by atoms with Crippen molar-refractivity contribution in [1.29, 1.82) is 0 Å². The Kier molecular flexibility index (Phi) is 4.41. The van der Waals surface area contributed by atoms with Crippen molar-refractivity contribution in [2.75, 3.05) is 28.6 Å². The second kappa shape index (κ2) is 6.64. The van der Waals surface area contributed by atoms with Crippen molar-refractivity contribution in [3.8, 4) is 0 Å². The highest BCUT2D eigenvalue weighted by Gasteiger charge is 2.14. The van der Waals surface area contributed by atoms with Gasteiger partial charge in [0.15, 0.2) is 0 Å². The number of rotatable bonds is 3. The zero-order chi connectivity index (χ0) is 16.2. The Balaban J connectivity index is 1.65. The number of carbonyl (C=O) groups is 1. The van der Waals surface area contributed by atoms with Crippen LogP contribution >= 0.6 is 0 Å². The van der Waals surface area contributed by atoms with Crippen LogP contribution in [-0.4, -0.2) is 29.1 Å². The lowest BCUT2D eigenvalue weighted by Gasteiger charge is -2.16. The number of hydrogen-bond acceptors (Lipinski definition) is 4. The van der Waals surface area contributed by atoms with Crippen molar-refractivity contribution < 1.29 is 4.79 Å². The zero-order valence-corrected chi connectivity index (χ0v) is 13.5. The van der Waals surface area contributed by atoms with Crippen LogP contribution in [0.1, 0.15) is 24.0 Å². The molecule has 2 N–H and O–H groups in total. The SMILES string of the molecule is Cc1ccc(NC(=O)Nc2cc(N3CCCC3)ncn2)cc1C. The molecule has 1 aromatic heterocycles. The van der Waals surface area contributed by atoms with Gasteiger partial charge in [-0.15, -0.1) is 0 Å². The first-order valence-electron chi connectivity index (χ1n) is 7.84. The van der Waals surface area contributed by atoms with Crippen LogP contribution in [0.3, 0.4) is 0 Å². The number of carbonyl (C=O) groups excluding carboxylic acids is 1. The van der Waals surface area contributed by atoms with Gasteiger partial charge in [0, 0.05) is 24.8 Å². The lowest BCUT2D eigenvalue weighted by atomic mass is 10.1. The minimum absolute atomic E-state index is 0.306. The molecule has 0 radical (unpaired) electrons. The summed E-state index contributed by atoms with van der Waals surface area (Å²) in [5, 5.41) is 5.58. The summed E-state index contributed by atoms with van der Waals surface area (Å²) < 4.78 is 0. The molecule has 1 aliphatic rings. The third kappa shape index (κ3) is 3.77. The predicted octanol–water partition coefficient (Wildman–Crippen LogP) is 3.34. The molecule has 1 saturated heterocycles. The van der Waals surface area contributed by atoms with E-state index in [2.05, 4.69) is 25.5 Å². The van der Waals surface area contributed by atoms with Crippen LogP contribution in [0.5, 0.6) is 0 Å². The second-order valence-electron chi connectivity index (χ2n) is 5.83. The van der Waals surface area contributed by atoms with E-state index in [1.807, 2.05) is 38.1 Å². The topological polar surface area (TPSA) is 70.2 Å². The molecule has 2 heterocycles. The highest BCUT2D eigenvalue weighted by Crippen LogP contribution is 2.19. The Morgan fingerprint density at radius 3 is 2.57 bits per heavy atom. The van der Waals surface area contributed by atoms with Crippen LogP contribution in [0.25, 0.3) is 0 Å². The highest BCUT2D eigenvalue weighted by atomic mass is 16.2. The molecule has 2 amide bonds. The molecule has 6 nitrogen and oxygen atoms in total. The van der Waals surface area contributed by atoms with E-state index in [-0.39, 0.29) is 6.03 Å². The van der Waals surface area contributed by atoms with E-state index in [1.165, 1.54) is 24.7 Å². The molecular formula is C17H21N5O. The summed E-state index contributed by atoms with van der Waals surface area (Å²) in [6.45, 7) is 6.07. The smallest absolute Gasteiger partial charge is 0.324 e. The largest absolute Gasteiger partial charge is 0.356 e. The van der Waals surface area contributed by atoms with E-state index in [4.69, 9.17) is 0 Å². The Morgan fingerprint density at radius 1 is 1.04 bits per heavy atom. The number of nitrogens with zero attached hydrogens (tertiary/aromatic N) is 3. The first-order valence-corrected chi connectivity index (χ1v) is 7.84. The third-order valence-corrected chi connectivity index (χ3v) is 4.09. The molecule has 3 rings (SSSR count). The Hall–Kier alpha value is -2.63. The van der Waals surface area contributed by atoms with Gasteiger partial charge in [-0.1, -0.05) is 6.07 Å². The number of urea groups is 1. The molecule has 0 unspecified atom stereocenters. The molecule has 0 aliphatic carbocycles. The van der Waals surface area contributed by atoms with Crippen molar-refractivity contribution in [2.45, 2.75) is 26.7 Å². The van der Waals surface area contributed by atoms with Crippen molar-refractivity contribution in [1.82, 2.24) is 9.97 Å². The molecule has 0 bridgehead atoms. The van der Waals surface area contributed by atoms with E-state index in [1.54, 1.807) is 0 Å². The maximum atomic E-state index is 12.1. The molecule has 23 heavy (non-hydrogen) atoms. The number of benzene rings is 1. The molecule has 2 aromatic rings.